The zero-order chi connectivity index (χ0) is 9.40. The van der Waals surface area contributed by atoms with E-state index in [1.807, 2.05) is 0 Å². The number of rotatable bonds is 6. The Kier molecular flexibility index (Phi) is 7.23. The summed E-state index contributed by atoms with van der Waals surface area (Å²) in [6.45, 7) is 0. The monoisotopic (exact) mass is 194 g/mol. The van der Waals surface area contributed by atoms with Crippen LogP contribution >= 0.6 is 11.8 Å². The molecule has 0 aromatic rings. The molecule has 1 unspecified atom stereocenters. The lowest BCUT2D eigenvalue weighted by molar-refractivity contribution is -0.140. The number of carbonyl (C=O) groups is 1. The molecule has 4 nitrogen and oxygen atoms in total. The van der Waals surface area contributed by atoms with Gasteiger partial charge in [-0.1, -0.05) is 0 Å². The highest BCUT2D eigenvalue weighted by Crippen LogP contribution is 2.05. The summed E-state index contributed by atoms with van der Waals surface area (Å²) < 4.78 is 9.04. The third-order valence-electron chi connectivity index (χ3n) is 1.21. The number of carbonyl (C=O) groups excluding carboxylic acids is 1. The van der Waals surface area contributed by atoms with E-state index in [4.69, 9.17) is 5.11 Å². The van der Waals surface area contributed by atoms with E-state index in [1.54, 1.807) is 0 Å². The van der Waals surface area contributed by atoms with Gasteiger partial charge in [0.15, 0.2) is 6.29 Å². The maximum atomic E-state index is 10.6. The van der Waals surface area contributed by atoms with Gasteiger partial charge >= 0.3 is 5.97 Å². The van der Waals surface area contributed by atoms with Gasteiger partial charge in [0, 0.05) is 18.6 Å². The van der Waals surface area contributed by atoms with E-state index in [2.05, 4.69) is 9.47 Å². The number of thioether (sulfide) groups is 1. The highest BCUT2D eigenvalue weighted by Gasteiger charge is 2.03. The van der Waals surface area contributed by atoms with E-state index in [0.717, 1.165) is 0 Å². The molecule has 5 heteroatoms. The van der Waals surface area contributed by atoms with Crippen LogP contribution in [0.5, 0.6) is 0 Å². The van der Waals surface area contributed by atoms with Crippen LogP contribution in [0.4, 0.5) is 0 Å². The van der Waals surface area contributed by atoms with Crippen molar-refractivity contribution < 1.29 is 19.4 Å². The molecule has 1 atom stereocenters. The minimum atomic E-state index is -0.743. The maximum Gasteiger partial charge on any atom is 0.306 e. The van der Waals surface area contributed by atoms with Crippen molar-refractivity contribution in [3.05, 3.63) is 0 Å². The summed E-state index contributed by atoms with van der Waals surface area (Å²) in [6.07, 6.45) is -0.370. The summed E-state index contributed by atoms with van der Waals surface area (Å²) >= 11 is 1.45. The first-order valence-corrected chi connectivity index (χ1v) is 4.71. The smallest absolute Gasteiger partial charge is 0.306 e. The fourth-order valence-corrected chi connectivity index (χ4v) is 1.33. The van der Waals surface area contributed by atoms with E-state index in [-0.39, 0.29) is 5.97 Å². The third kappa shape index (κ3) is 6.45. The van der Waals surface area contributed by atoms with Gasteiger partial charge in [0.05, 0.1) is 13.5 Å². The second-order valence-electron chi connectivity index (χ2n) is 2.09. The summed E-state index contributed by atoms with van der Waals surface area (Å²) in [7, 11) is 2.79. The Labute approximate surface area is 76.2 Å². The molecule has 72 valence electrons. The minimum Gasteiger partial charge on any atom is -0.469 e. The van der Waals surface area contributed by atoms with Gasteiger partial charge in [-0.05, 0) is 0 Å². The molecule has 0 heterocycles. The van der Waals surface area contributed by atoms with Gasteiger partial charge in [-0.15, -0.1) is 0 Å². The Morgan fingerprint density at radius 1 is 1.58 bits per heavy atom. The largest absolute Gasteiger partial charge is 0.469 e. The molecule has 0 fully saturated rings. The molecule has 0 aromatic carbocycles. The SMILES string of the molecule is COC(=O)CCSCC(O)OC. The Morgan fingerprint density at radius 2 is 2.25 bits per heavy atom. The van der Waals surface area contributed by atoms with Crippen LogP contribution in [0.1, 0.15) is 6.42 Å². The van der Waals surface area contributed by atoms with Crippen molar-refractivity contribution in [1.82, 2.24) is 0 Å². The topological polar surface area (TPSA) is 55.8 Å². The van der Waals surface area contributed by atoms with Crippen LogP contribution in [-0.4, -0.2) is 43.1 Å². The summed E-state index contributed by atoms with van der Waals surface area (Å²) in [5, 5.41) is 8.92. The second kappa shape index (κ2) is 7.39. The molecule has 12 heavy (non-hydrogen) atoms. The Bertz CT molecular complexity index is 129. The lowest BCUT2D eigenvalue weighted by atomic mass is 10.5. The summed E-state index contributed by atoms with van der Waals surface area (Å²) in [5.41, 5.74) is 0. The quantitative estimate of drug-likeness (QED) is 0.373. The number of methoxy groups -OCH3 is 2. The Morgan fingerprint density at radius 3 is 2.75 bits per heavy atom. The van der Waals surface area contributed by atoms with Gasteiger partial charge in [-0.25, -0.2) is 0 Å². The van der Waals surface area contributed by atoms with Crippen molar-refractivity contribution in [2.75, 3.05) is 25.7 Å². The average molecular weight is 194 g/mol. The average Bonchev–Trinajstić information content (AvgIpc) is 2.11. The first-order chi connectivity index (χ1) is 5.70. The van der Waals surface area contributed by atoms with Crippen LogP contribution in [0.2, 0.25) is 0 Å². The number of hydrogen-bond acceptors (Lipinski definition) is 5. The van der Waals surface area contributed by atoms with Crippen LogP contribution in [0, 0.1) is 0 Å². The molecular weight excluding hydrogens is 180 g/mol. The zero-order valence-corrected chi connectivity index (χ0v) is 8.10. The number of aliphatic hydroxyl groups excluding tert-OH is 1. The molecule has 0 aliphatic rings. The third-order valence-corrected chi connectivity index (χ3v) is 2.22. The molecule has 0 radical (unpaired) electrons. The summed E-state index contributed by atoms with van der Waals surface area (Å²) in [6, 6.07) is 0. The molecule has 0 aliphatic heterocycles. The van der Waals surface area contributed by atoms with Gasteiger partial charge in [-0.3, -0.25) is 4.79 Å². The van der Waals surface area contributed by atoms with Crippen LogP contribution in [0.3, 0.4) is 0 Å². The minimum absolute atomic E-state index is 0.227. The van der Waals surface area contributed by atoms with E-state index >= 15 is 0 Å². The molecule has 1 N–H and O–H groups in total. The molecule has 0 rings (SSSR count). The van der Waals surface area contributed by atoms with E-state index in [0.29, 0.717) is 17.9 Å². The predicted octanol–water partition coefficient (Wildman–Crippen LogP) is 0.247. The van der Waals surface area contributed by atoms with Crippen molar-refractivity contribution in [3.63, 3.8) is 0 Å². The molecule has 0 spiro atoms. The van der Waals surface area contributed by atoms with Crippen molar-refractivity contribution in [2.45, 2.75) is 12.7 Å². The highest BCUT2D eigenvalue weighted by molar-refractivity contribution is 7.99. The molecular formula is C7H14O4S. The van der Waals surface area contributed by atoms with Gasteiger partial charge in [0.2, 0.25) is 0 Å². The van der Waals surface area contributed by atoms with Crippen LogP contribution in [0.15, 0.2) is 0 Å². The van der Waals surface area contributed by atoms with Gasteiger partial charge < -0.3 is 14.6 Å². The Hall–Kier alpha value is -0.260. The maximum absolute atomic E-state index is 10.6. The van der Waals surface area contributed by atoms with Crippen molar-refractivity contribution in [3.8, 4) is 0 Å². The molecule has 0 saturated heterocycles. The lowest BCUT2D eigenvalue weighted by Gasteiger charge is -2.06. The first-order valence-electron chi connectivity index (χ1n) is 3.56. The number of esters is 1. The molecule has 0 bridgehead atoms. The van der Waals surface area contributed by atoms with Gasteiger partial charge in [-0.2, -0.15) is 11.8 Å². The van der Waals surface area contributed by atoms with Crippen molar-refractivity contribution in [1.29, 1.82) is 0 Å². The molecule has 0 aliphatic carbocycles. The molecule has 0 saturated carbocycles. The number of aliphatic hydroxyl groups is 1. The van der Waals surface area contributed by atoms with Crippen molar-refractivity contribution >= 4 is 17.7 Å². The van der Waals surface area contributed by atoms with Crippen LogP contribution in [-0.2, 0) is 14.3 Å². The predicted molar refractivity (Wildman–Crippen MR) is 47.0 cm³/mol. The number of hydrogen-bond donors (Lipinski definition) is 1. The Balaban J connectivity index is 3.15. The first kappa shape index (κ1) is 11.7. The summed E-state index contributed by atoms with van der Waals surface area (Å²) in [4.78, 5) is 10.6. The normalized spacial score (nSPS) is 12.6. The number of ether oxygens (including phenoxy) is 2. The fraction of sp³-hybridized carbons (Fsp3) is 0.857. The second-order valence-corrected chi connectivity index (χ2v) is 3.24. The summed E-state index contributed by atoms with van der Waals surface area (Å²) in [5.74, 6) is 0.898. The van der Waals surface area contributed by atoms with Gasteiger partial charge in [0.1, 0.15) is 0 Å². The van der Waals surface area contributed by atoms with Crippen LogP contribution in [0.25, 0.3) is 0 Å². The van der Waals surface area contributed by atoms with Crippen LogP contribution < -0.4 is 0 Å². The molecule has 0 aromatic heterocycles. The standard InChI is InChI=1S/C7H14O4S/c1-10-6(8)3-4-12-5-7(9)11-2/h7,9H,3-5H2,1-2H3. The zero-order valence-electron chi connectivity index (χ0n) is 7.28. The fourth-order valence-electron chi connectivity index (χ4n) is 0.510. The van der Waals surface area contributed by atoms with Gasteiger partial charge in [0.25, 0.3) is 0 Å². The van der Waals surface area contributed by atoms with E-state index in [9.17, 15) is 4.79 Å². The highest BCUT2D eigenvalue weighted by atomic mass is 32.2. The van der Waals surface area contributed by atoms with Crippen molar-refractivity contribution in [2.24, 2.45) is 0 Å². The lowest BCUT2D eigenvalue weighted by Crippen LogP contribution is -2.12. The van der Waals surface area contributed by atoms with E-state index in [1.165, 1.54) is 26.0 Å². The molecule has 0 amide bonds. The van der Waals surface area contributed by atoms with E-state index < -0.39 is 6.29 Å².